The molecule has 17 heavy (non-hydrogen) atoms. The molecule has 2 heteroatoms. The van der Waals surface area contributed by atoms with E-state index in [4.69, 9.17) is 4.74 Å². The maximum atomic E-state index is 5.69. The van der Waals surface area contributed by atoms with Crippen molar-refractivity contribution in [1.29, 1.82) is 0 Å². The first-order chi connectivity index (χ1) is 8.11. The van der Waals surface area contributed by atoms with Crippen LogP contribution in [0.5, 0.6) is 0 Å². The molecule has 0 bridgehead atoms. The van der Waals surface area contributed by atoms with Gasteiger partial charge in [0, 0.05) is 6.04 Å². The fraction of sp³-hybridized carbons (Fsp3) is 0.600. The summed E-state index contributed by atoms with van der Waals surface area (Å²) in [5, 5.41) is 3.48. The van der Waals surface area contributed by atoms with Crippen molar-refractivity contribution in [2.24, 2.45) is 0 Å². The molecular formula is C15H25NO. The second-order valence-electron chi connectivity index (χ2n) is 4.83. The smallest absolute Gasteiger partial charge is 0.0626 e. The minimum atomic E-state index is 0.300. The quantitative estimate of drug-likeness (QED) is 0.784. The molecule has 1 atom stereocenters. The van der Waals surface area contributed by atoms with Crippen LogP contribution in [0.2, 0.25) is 0 Å². The molecule has 1 aromatic carbocycles. The van der Waals surface area contributed by atoms with Crippen molar-refractivity contribution in [3.05, 3.63) is 35.4 Å². The van der Waals surface area contributed by atoms with E-state index in [0.29, 0.717) is 12.1 Å². The lowest BCUT2D eigenvalue weighted by Crippen LogP contribution is -2.36. The second kappa shape index (κ2) is 7.46. The topological polar surface area (TPSA) is 21.3 Å². The molecule has 0 fully saturated rings. The summed E-state index contributed by atoms with van der Waals surface area (Å²) in [4.78, 5) is 0. The molecule has 0 aliphatic carbocycles. The summed E-state index contributed by atoms with van der Waals surface area (Å²) in [6, 6.07) is 9.15. The van der Waals surface area contributed by atoms with Crippen LogP contribution in [0, 0.1) is 6.92 Å². The number of likely N-dealkylation sites (N-methyl/N-ethyl adjacent to an activating group) is 1. The van der Waals surface area contributed by atoms with Gasteiger partial charge in [-0.15, -0.1) is 0 Å². The summed E-state index contributed by atoms with van der Waals surface area (Å²) in [7, 11) is 0. The van der Waals surface area contributed by atoms with Gasteiger partial charge in [-0.2, -0.15) is 0 Å². The molecular weight excluding hydrogens is 210 g/mol. The van der Waals surface area contributed by atoms with Crippen molar-refractivity contribution in [2.75, 3.05) is 13.2 Å². The maximum Gasteiger partial charge on any atom is 0.0626 e. The predicted octanol–water partition coefficient (Wildman–Crippen LogP) is 2.94. The van der Waals surface area contributed by atoms with Gasteiger partial charge in [0.25, 0.3) is 0 Å². The number of nitrogens with one attached hydrogen (secondary N) is 1. The van der Waals surface area contributed by atoms with Gasteiger partial charge < -0.3 is 10.1 Å². The number of aryl methyl sites for hydroxylation is 1. The number of benzene rings is 1. The standard InChI is InChI=1S/C15H25NO/c1-5-16-15(11-17-12(2)3)10-14-8-6-13(4)7-9-14/h6-9,12,15-16H,5,10-11H2,1-4H3. The van der Waals surface area contributed by atoms with Gasteiger partial charge in [0.05, 0.1) is 12.7 Å². The predicted molar refractivity (Wildman–Crippen MR) is 73.4 cm³/mol. The van der Waals surface area contributed by atoms with Crippen LogP contribution in [0.25, 0.3) is 0 Å². The van der Waals surface area contributed by atoms with Gasteiger partial charge in [0.1, 0.15) is 0 Å². The second-order valence-corrected chi connectivity index (χ2v) is 4.83. The lowest BCUT2D eigenvalue weighted by Gasteiger charge is -2.19. The third kappa shape index (κ3) is 5.85. The molecule has 0 heterocycles. The van der Waals surface area contributed by atoms with Crippen LogP contribution in [-0.4, -0.2) is 25.3 Å². The molecule has 2 nitrogen and oxygen atoms in total. The minimum Gasteiger partial charge on any atom is -0.377 e. The SMILES string of the molecule is CCNC(COC(C)C)Cc1ccc(C)cc1. The maximum absolute atomic E-state index is 5.69. The molecule has 0 spiro atoms. The van der Waals surface area contributed by atoms with Gasteiger partial charge in [0.2, 0.25) is 0 Å². The molecule has 1 aromatic rings. The Kier molecular flexibility index (Phi) is 6.23. The highest BCUT2D eigenvalue weighted by atomic mass is 16.5. The molecule has 0 amide bonds. The Hall–Kier alpha value is -0.860. The van der Waals surface area contributed by atoms with Gasteiger partial charge in [-0.25, -0.2) is 0 Å². The lowest BCUT2D eigenvalue weighted by molar-refractivity contribution is 0.0616. The Morgan fingerprint density at radius 3 is 2.35 bits per heavy atom. The molecule has 0 aliphatic heterocycles. The normalized spacial score (nSPS) is 13.0. The van der Waals surface area contributed by atoms with Crippen LogP contribution < -0.4 is 5.32 Å². The first-order valence-corrected chi connectivity index (χ1v) is 6.52. The highest BCUT2D eigenvalue weighted by Crippen LogP contribution is 2.07. The van der Waals surface area contributed by atoms with E-state index in [1.54, 1.807) is 0 Å². The highest BCUT2D eigenvalue weighted by molar-refractivity contribution is 5.22. The molecule has 0 radical (unpaired) electrons. The van der Waals surface area contributed by atoms with E-state index in [2.05, 4.69) is 57.3 Å². The molecule has 0 saturated heterocycles. The Balaban J connectivity index is 2.50. The van der Waals surface area contributed by atoms with Crippen molar-refractivity contribution in [3.8, 4) is 0 Å². The summed E-state index contributed by atoms with van der Waals surface area (Å²) in [6.45, 7) is 10.2. The van der Waals surface area contributed by atoms with Crippen molar-refractivity contribution >= 4 is 0 Å². The minimum absolute atomic E-state index is 0.300. The fourth-order valence-electron chi connectivity index (χ4n) is 1.80. The van der Waals surface area contributed by atoms with Crippen LogP contribution >= 0.6 is 0 Å². The zero-order valence-electron chi connectivity index (χ0n) is 11.5. The summed E-state index contributed by atoms with van der Waals surface area (Å²) >= 11 is 0. The summed E-state index contributed by atoms with van der Waals surface area (Å²) in [5.41, 5.74) is 2.68. The Morgan fingerprint density at radius 1 is 1.18 bits per heavy atom. The molecule has 96 valence electrons. The average Bonchev–Trinajstić information content (AvgIpc) is 2.29. The summed E-state index contributed by atoms with van der Waals surface area (Å²) in [5.74, 6) is 0. The molecule has 1 unspecified atom stereocenters. The zero-order valence-corrected chi connectivity index (χ0v) is 11.5. The molecule has 1 N–H and O–H groups in total. The van der Waals surface area contributed by atoms with Crippen molar-refractivity contribution in [1.82, 2.24) is 5.32 Å². The first kappa shape index (κ1) is 14.2. The third-order valence-corrected chi connectivity index (χ3v) is 2.73. The van der Waals surface area contributed by atoms with Crippen LogP contribution in [-0.2, 0) is 11.2 Å². The van der Waals surface area contributed by atoms with E-state index >= 15 is 0 Å². The van der Waals surface area contributed by atoms with E-state index in [9.17, 15) is 0 Å². The van der Waals surface area contributed by atoms with Crippen LogP contribution in [0.15, 0.2) is 24.3 Å². The first-order valence-electron chi connectivity index (χ1n) is 6.52. The van der Waals surface area contributed by atoms with Crippen LogP contribution in [0.3, 0.4) is 0 Å². The molecule has 0 aromatic heterocycles. The number of rotatable bonds is 7. The van der Waals surface area contributed by atoms with Crippen molar-refractivity contribution < 1.29 is 4.74 Å². The fourth-order valence-corrected chi connectivity index (χ4v) is 1.80. The Morgan fingerprint density at radius 2 is 1.82 bits per heavy atom. The van der Waals surface area contributed by atoms with E-state index in [1.807, 2.05) is 0 Å². The van der Waals surface area contributed by atoms with Gasteiger partial charge in [-0.1, -0.05) is 36.8 Å². The number of ether oxygens (including phenoxy) is 1. The number of hydrogen-bond acceptors (Lipinski definition) is 2. The number of hydrogen-bond donors (Lipinski definition) is 1. The molecule has 1 rings (SSSR count). The van der Waals surface area contributed by atoms with Gasteiger partial charge in [-0.05, 0) is 39.3 Å². The van der Waals surface area contributed by atoms with E-state index in [-0.39, 0.29) is 0 Å². The molecule has 0 saturated carbocycles. The Labute approximate surface area is 105 Å². The van der Waals surface area contributed by atoms with E-state index < -0.39 is 0 Å². The largest absolute Gasteiger partial charge is 0.377 e. The summed E-state index contributed by atoms with van der Waals surface area (Å²) < 4.78 is 5.69. The van der Waals surface area contributed by atoms with E-state index in [1.165, 1.54) is 11.1 Å². The van der Waals surface area contributed by atoms with Crippen LogP contribution in [0.1, 0.15) is 31.9 Å². The van der Waals surface area contributed by atoms with Gasteiger partial charge in [-0.3, -0.25) is 0 Å². The lowest BCUT2D eigenvalue weighted by atomic mass is 10.0. The third-order valence-electron chi connectivity index (χ3n) is 2.73. The van der Waals surface area contributed by atoms with Gasteiger partial charge >= 0.3 is 0 Å². The van der Waals surface area contributed by atoms with Gasteiger partial charge in [0.15, 0.2) is 0 Å². The monoisotopic (exact) mass is 235 g/mol. The Bertz CT molecular complexity index is 305. The van der Waals surface area contributed by atoms with Crippen LogP contribution in [0.4, 0.5) is 0 Å². The average molecular weight is 235 g/mol. The molecule has 0 aliphatic rings. The van der Waals surface area contributed by atoms with E-state index in [0.717, 1.165) is 19.6 Å². The summed E-state index contributed by atoms with van der Waals surface area (Å²) in [6.07, 6.45) is 1.33. The highest BCUT2D eigenvalue weighted by Gasteiger charge is 2.09. The van der Waals surface area contributed by atoms with Crippen molar-refractivity contribution in [2.45, 2.75) is 46.3 Å². The van der Waals surface area contributed by atoms with Crippen molar-refractivity contribution in [3.63, 3.8) is 0 Å². The zero-order chi connectivity index (χ0) is 12.7.